The van der Waals surface area contributed by atoms with E-state index in [9.17, 15) is 9.90 Å². The summed E-state index contributed by atoms with van der Waals surface area (Å²) in [6.07, 6.45) is 0. The molecule has 0 heterocycles. The van der Waals surface area contributed by atoms with E-state index >= 15 is 0 Å². The van der Waals surface area contributed by atoms with E-state index in [1.807, 2.05) is 0 Å². The summed E-state index contributed by atoms with van der Waals surface area (Å²) in [5.74, 6) is -1.62. The average molecular weight is 233 g/mol. The maximum atomic E-state index is 10.2. The molecule has 0 bridgehead atoms. The Morgan fingerprint density at radius 1 is 1.31 bits per heavy atom. The number of carbonyl (C=O) groups is 1. The minimum Gasteiger partial charge on any atom is -0.545 e. The molecule has 0 saturated heterocycles. The van der Waals surface area contributed by atoms with Crippen molar-refractivity contribution < 1.29 is 44.6 Å². The summed E-state index contributed by atoms with van der Waals surface area (Å²) in [5, 5.41) is 22.1. The second kappa shape index (κ2) is 11.0. The molecule has 1 aromatic carbocycles. The first-order chi connectivity index (χ1) is 7.13. The predicted octanol–water partition coefficient (Wildman–Crippen LogP) is -2.62. The van der Waals surface area contributed by atoms with Gasteiger partial charge in [-0.15, -0.1) is 0 Å². The van der Waals surface area contributed by atoms with Gasteiger partial charge in [-0.3, -0.25) is 0 Å². The van der Waals surface area contributed by atoms with Crippen LogP contribution in [0.3, 0.4) is 0 Å². The number of phenols is 1. The van der Waals surface area contributed by atoms with Crippen molar-refractivity contribution >= 4 is 5.97 Å². The molecule has 0 radical (unpaired) electrons. The summed E-state index contributed by atoms with van der Waals surface area (Å²) in [6.45, 7) is 6.39. The molecule has 4 nitrogen and oxygen atoms in total. The van der Waals surface area contributed by atoms with Gasteiger partial charge in [-0.25, -0.2) is 0 Å². The van der Waals surface area contributed by atoms with Crippen LogP contribution in [0.15, 0.2) is 24.3 Å². The normalized spacial score (nSPS) is 8.38. The van der Waals surface area contributed by atoms with Crippen LogP contribution < -0.4 is 40.0 Å². The zero-order chi connectivity index (χ0) is 11.7. The van der Waals surface area contributed by atoms with Gasteiger partial charge >= 0.3 is 29.6 Å². The molecule has 0 fully saturated rings. The van der Waals surface area contributed by atoms with Crippen molar-refractivity contribution in [3.05, 3.63) is 29.8 Å². The van der Waals surface area contributed by atoms with E-state index in [2.05, 4.69) is 19.2 Å². The Balaban J connectivity index is 0. The van der Waals surface area contributed by atoms with Crippen molar-refractivity contribution in [1.82, 2.24) is 5.32 Å². The van der Waals surface area contributed by atoms with E-state index in [0.29, 0.717) is 0 Å². The Bertz CT molecular complexity index is 303. The number of aromatic carboxylic acids is 1. The van der Waals surface area contributed by atoms with E-state index in [1.165, 1.54) is 18.2 Å². The topological polar surface area (TPSA) is 72.4 Å². The van der Waals surface area contributed by atoms with Crippen molar-refractivity contribution in [2.45, 2.75) is 13.8 Å². The van der Waals surface area contributed by atoms with Crippen molar-refractivity contribution in [3.8, 4) is 5.75 Å². The molecule has 0 amide bonds. The summed E-state index contributed by atoms with van der Waals surface area (Å²) >= 11 is 0. The molecule has 0 aliphatic heterocycles. The predicted molar refractivity (Wildman–Crippen MR) is 56.7 cm³/mol. The van der Waals surface area contributed by atoms with E-state index < -0.39 is 5.97 Å². The molecule has 0 saturated carbocycles. The Hall–Kier alpha value is -0.550. The number of carbonyl (C=O) groups excluding carboxylic acids is 1. The minimum absolute atomic E-state index is 0. The minimum atomic E-state index is -1.36. The fourth-order valence-electron chi connectivity index (χ4n) is 0.896. The van der Waals surface area contributed by atoms with Crippen molar-refractivity contribution in [3.63, 3.8) is 0 Å². The Labute approximate surface area is 118 Å². The van der Waals surface area contributed by atoms with Crippen LogP contribution in [0.2, 0.25) is 0 Å². The Kier molecular flexibility index (Phi) is 12.2. The number of carboxylic acids is 1. The van der Waals surface area contributed by atoms with Gasteiger partial charge in [0, 0.05) is 5.56 Å². The first-order valence-electron chi connectivity index (χ1n) is 4.83. The van der Waals surface area contributed by atoms with Crippen LogP contribution in [0.1, 0.15) is 24.2 Å². The third-order valence-corrected chi connectivity index (χ3v) is 1.62. The first-order valence-corrected chi connectivity index (χ1v) is 4.83. The van der Waals surface area contributed by atoms with E-state index in [-0.39, 0.29) is 40.9 Å². The summed E-state index contributed by atoms with van der Waals surface area (Å²) in [5.41, 5.74) is -0.178. The molecule has 0 spiro atoms. The third-order valence-electron chi connectivity index (χ3n) is 1.62. The molecule has 84 valence electrons. The Morgan fingerprint density at radius 2 is 1.81 bits per heavy atom. The maximum Gasteiger partial charge on any atom is 1.00 e. The number of carboxylic acid groups (broad SMARTS) is 1. The molecule has 2 N–H and O–H groups in total. The van der Waals surface area contributed by atoms with Gasteiger partial charge in [-0.1, -0.05) is 26.0 Å². The zero-order valence-corrected chi connectivity index (χ0v) is 12.0. The van der Waals surface area contributed by atoms with E-state index in [0.717, 1.165) is 13.1 Å². The summed E-state index contributed by atoms with van der Waals surface area (Å²) in [4.78, 5) is 10.2. The van der Waals surface area contributed by atoms with Crippen LogP contribution in [-0.4, -0.2) is 24.2 Å². The molecule has 0 atom stereocenters. The second-order valence-corrected chi connectivity index (χ2v) is 2.76. The number of para-hydroxylation sites is 1. The zero-order valence-electron chi connectivity index (χ0n) is 9.99. The molecule has 1 aromatic rings. The molecule has 0 unspecified atom stereocenters. The van der Waals surface area contributed by atoms with Gasteiger partial charge in [0.2, 0.25) is 0 Å². The smallest absolute Gasteiger partial charge is 0.545 e. The third kappa shape index (κ3) is 7.70. The van der Waals surface area contributed by atoms with Crippen molar-refractivity contribution in [1.29, 1.82) is 0 Å². The SMILES string of the molecule is CCNCC.O=C([O-])c1ccccc1O.[Na+]. The summed E-state index contributed by atoms with van der Waals surface area (Å²) < 4.78 is 0. The standard InChI is InChI=1S/C7H6O3.C4H11N.Na/c8-6-4-2-1-3-5(6)7(9)10;1-3-5-4-2;/h1-4,8H,(H,9,10);5H,3-4H2,1-2H3;/q;;+1/p-1. The molecular weight excluding hydrogens is 217 g/mol. The van der Waals surface area contributed by atoms with Crippen LogP contribution in [0.5, 0.6) is 5.75 Å². The second-order valence-electron chi connectivity index (χ2n) is 2.76. The average Bonchev–Trinajstić information content (AvgIpc) is 2.20. The largest absolute Gasteiger partial charge is 1.00 e. The van der Waals surface area contributed by atoms with Gasteiger partial charge < -0.3 is 20.3 Å². The number of benzene rings is 1. The molecule has 0 aromatic heterocycles. The van der Waals surface area contributed by atoms with Gasteiger partial charge in [0.15, 0.2) is 0 Å². The van der Waals surface area contributed by atoms with Gasteiger partial charge in [0.1, 0.15) is 5.75 Å². The fourth-order valence-corrected chi connectivity index (χ4v) is 0.896. The monoisotopic (exact) mass is 233 g/mol. The number of nitrogens with one attached hydrogen (secondary N) is 1. The molecular formula is C11H16NNaO3. The van der Waals surface area contributed by atoms with Gasteiger partial charge in [0.05, 0.1) is 5.97 Å². The quantitative estimate of drug-likeness (QED) is 0.560. The molecule has 1 rings (SSSR count). The van der Waals surface area contributed by atoms with Crippen molar-refractivity contribution in [2.75, 3.05) is 13.1 Å². The van der Waals surface area contributed by atoms with Crippen LogP contribution in [0.25, 0.3) is 0 Å². The fraction of sp³-hybridized carbons (Fsp3) is 0.364. The van der Waals surface area contributed by atoms with Gasteiger partial charge in [0.25, 0.3) is 0 Å². The Morgan fingerprint density at radius 3 is 2.06 bits per heavy atom. The van der Waals surface area contributed by atoms with Crippen LogP contribution in [0.4, 0.5) is 0 Å². The summed E-state index contributed by atoms with van der Waals surface area (Å²) in [7, 11) is 0. The van der Waals surface area contributed by atoms with Crippen LogP contribution >= 0.6 is 0 Å². The van der Waals surface area contributed by atoms with Gasteiger partial charge in [-0.2, -0.15) is 0 Å². The molecule has 0 aliphatic carbocycles. The van der Waals surface area contributed by atoms with Crippen molar-refractivity contribution in [2.24, 2.45) is 0 Å². The van der Waals surface area contributed by atoms with E-state index in [1.54, 1.807) is 6.07 Å². The van der Waals surface area contributed by atoms with Crippen LogP contribution in [-0.2, 0) is 0 Å². The molecule has 0 aliphatic rings. The number of hydrogen-bond donors (Lipinski definition) is 2. The van der Waals surface area contributed by atoms with E-state index in [4.69, 9.17) is 5.11 Å². The maximum absolute atomic E-state index is 10.2. The van der Waals surface area contributed by atoms with Crippen LogP contribution in [0, 0.1) is 0 Å². The number of rotatable bonds is 3. The first kappa shape index (κ1) is 17.8. The molecule has 5 heteroatoms. The number of aromatic hydroxyl groups is 1. The summed E-state index contributed by atoms with van der Waals surface area (Å²) in [6, 6.07) is 5.64. The van der Waals surface area contributed by atoms with Gasteiger partial charge in [-0.05, 0) is 25.2 Å². The molecule has 16 heavy (non-hydrogen) atoms. The number of hydrogen-bond acceptors (Lipinski definition) is 4.